The molecule has 26 rings (SSSR count). The van der Waals surface area contributed by atoms with Gasteiger partial charge in [0.15, 0.2) is 11.2 Å². The van der Waals surface area contributed by atoms with Gasteiger partial charge in [-0.05, 0) is 273 Å². The molecule has 0 atom stereocenters. The Balaban J connectivity index is 0.602. The molecule has 6 aromatic heterocycles. The van der Waals surface area contributed by atoms with Crippen LogP contribution in [0.2, 0.25) is 0 Å². The summed E-state index contributed by atoms with van der Waals surface area (Å²) < 4.78 is 44.6. The van der Waals surface area contributed by atoms with Crippen LogP contribution in [0.3, 0.4) is 0 Å². The lowest BCUT2D eigenvalue weighted by molar-refractivity contribution is 0.522. The Morgan fingerprint density at radius 3 is 0.882 bits per heavy atom. The lowest BCUT2D eigenvalue weighted by atomic mass is 9.79. The van der Waals surface area contributed by atoms with Crippen LogP contribution in [0.25, 0.3) is 154 Å². The van der Waals surface area contributed by atoms with E-state index < -0.39 is 10.8 Å². The van der Waals surface area contributed by atoms with Crippen LogP contribution in [0.1, 0.15) is 176 Å². The maximum absolute atomic E-state index is 7.87. The van der Waals surface area contributed by atoms with E-state index in [4.69, 9.17) is 26.5 Å². The number of rotatable bonds is 15. The van der Waals surface area contributed by atoms with E-state index in [0.29, 0.717) is 0 Å². The molecule has 0 aliphatic heterocycles. The molecule has 706 valence electrons. The van der Waals surface area contributed by atoms with Crippen molar-refractivity contribution in [1.82, 2.24) is 0 Å². The molecular formula is C134H114N4O6. The third kappa shape index (κ3) is 13.4. The molecule has 2 aliphatic rings. The standard InChI is InChI=1S/C134H114N4O6/c1-76-34-20-27-41-101(76)137(102-42-28-21-35-77(102)2)105-71-99-117(127-119(105)89-38-24-31-45-109(89)143-127)93-67-98-94(68-97(93)133(99,16)17)118-100(134(98,18)19)72-106(138(103-43-29-22-36-78(103)3)104-44-30-23-37-79(104)4)120-92-65-48-80(66-112(92)144-128(118)120)75-132(14,15)84-55-63-88(64-56-84)136(87-61-53-83(54-62-87)131(11,12)13)108-74-116-122(124-91-40-26-33-47-111(91)142-126(108)124)96-70-113-95(69-114(96)140-116)121-115(139-113)73-107(125-123(121)90-39-25-32-46-110(90)141-125)135(85-57-49-81(50-58-85)129(5,6)7)86-59-51-82(52-60-86)130(8,9)10/h20-74H,75H2,1-19H3. The molecule has 0 unspecified atom stereocenters. The second-order valence-electron chi connectivity index (χ2n) is 45.4. The van der Waals surface area contributed by atoms with Crippen LogP contribution in [0, 0.1) is 27.7 Å². The third-order valence-corrected chi connectivity index (χ3v) is 32.0. The SMILES string of the molecule is Cc1ccccc1N(c1ccccc1C)c1cc2c(c3oc4ccccc4c13)-c1cc3c(cc1C2(C)C)-c1c(cc(N(c2ccccc2C)c2ccccc2C)c2c1oc1cc(CC(C)(C)c4ccc(N(c5ccc(C(C)(C)C)cc5)c5cc6oc7cc8c(cc7c6c6c5oc5ccccc56)oc5cc(N(c6ccc(C(C)(C)C)cc6)c6ccc(C(C)(C)C)cc6)c6oc7ccccc7c6c58)cc4)ccc12)C3(C)C. The van der Waals surface area contributed by atoms with Crippen molar-refractivity contribution >= 4 is 200 Å². The molecular weight excluding hydrogens is 1760 g/mol. The van der Waals surface area contributed by atoms with Crippen molar-refractivity contribution < 1.29 is 26.5 Å². The van der Waals surface area contributed by atoms with E-state index in [1.54, 1.807) is 0 Å². The maximum Gasteiger partial charge on any atom is 0.160 e. The van der Waals surface area contributed by atoms with Crippen molar-refractivity contribution in [3.05, 3.63) is 406 Å². The molecule has 10 nitrogen and oxygen atoms in total. The van der Waals surface area contributed by atoms with E-state index in [0.717, 1.165) is 217 Å². The fourth-order valence-electron chi connectivity index (χ4n) is 24.2. The summed E-state index contributed by atoms with van der Waals surface area (Å²) in [5.74, 6) is 0. The molecule has 0 amide bonds. The number of para-hydroxylation sites is 7. The molecule has 24 aromatic rings. The number of fused-ring (bicyclic) bond motifs is 28. The summed E-state index contributed by atoms with van der Waals surface area (Å²) in [6, 6.07) is 123. The van der Waals surface area contributed by atoms with Gasteiger partial charge in [0.25, 0.3) is 0 Å². The average Bonchev–Trinajstić information content (AvgIpc) is 1.51. The Bertz CT molecular complexity index is 9360. The van der Waals surface area contributed by atoms with Crippen molar-refractivity contribution in [3.8, 4) is 22.3 Å². The first-order valence-electron chi connectivity index (χ1n) is 50.8. The summed E-state index contributed by atoms with van der Waals surface area (Å²) in [5.41, 5.74) is 40.8. The Kier molecular flexibility index (Phi) is 19.3. The lowest BCUT2D eigenvalue weighted by Crippen LogP contribution is -2.20. The molecule has 0 saturated carbocycles. The number of nitrogens with zero attached hydrogens (tertiary/aromatic N) is 4. The van der Waals surface area contributed by atoms with Gasteiger partial charge in [0, 0.05) is 133 Å². The Hall–Kier alpha value is -16.0. The van der Waals surface area contributed by atoms with E-state index in [2.05, 4.69) is 485 Å². The van der Waals surface area contributed by atoms with Gasteiger partial charge >= 0.3 is 0 Å². The highest BCUT2D eigenvalue weighted by Gasteiger charge is 2.47. The summed E-state index contributed by atoms with van der Waals surface area (Å²) in [6.07, 6.45) is 0.720. The topological polar surface area (TPSA) is 91.8 Å². The van der Waals surface area contributed by atoms with Gasteiger partial charge in [-0.3, -0.25) is 0 Å². The summed E-state index contributed by atoms with van der Waals surface area (Å²) in [5, 5.41) is 12.0. The first-order valence-corrected chi connectivity index (χ1v) is 50.8. The molecule has 144 heavy (non-hydrogen) atoms. The van der Waals surface area contributed by atoms with E-state index in [1.807, 2.05) is 0 Å². The van der Waals surface area contributed by atoms with Crippen molar-refractivity contribution in [2.45, 2.75) is 170 Å². The molecule has 10 heteroatoms. The molecule has 0 fully saturated rings. The van der Waals surface area contributed by atoms with Gasteiger partial charge in [-0.2, -0.15) is 0 Å². The molecule has 0 saturated heterocycles. The molecule has 18 aromatic carbocycles. The van der Waals surface area contributed by atoms with Crippen LogP contribution < -0.4 is 19.6 Å². The zero-order valence-electron chi connectivity index (χ0n) is 85.2. The third-order valence-electron chi connectivity index (χ3n) is 32.0. The molecule has 2 aliphatic carbocycles. The second-order valence-corrected chi connectivity index (χ2v) is 45.4. The minimum atomic E-state index is -0.505. The maximum atomic E-state index is 7.87. The number of aryl methyl sites for hydroxylation is 4. The van der Waals surface area contributed by atoms with Gasteiger partial charge in [-0.1, -0.05) is 292 Å². The van der Waals surface area contributed by atoms with Crippen LogP contribution in [0.5, 0.6) is 0 Å². The van der Waals surface area contributed by atoms with Gasteiger partial charge in [0.1, 0.15) is 55.8 Å². The summed E-state index contributed by atoms with van der Waals surface area (Å²) in [6.45, 7) is 43.8. The summed E-state index contributed by atoms with van der Waals surface area (Å²) in [4.78, 5) is 9.68. The molecule has 0 N–H and O–H groups in total. The van der Waals surface area contributed by atoms with Crippen LogP contribution in [0.15, 0.2) is 360 Å². The predicted molar refractivity (Wildman–Crippen MR) is 602 cm³/mol. The number of hydrogen-bond donors (Lipinski definition) is 0. The van der Waals surface area contributed by atoms with E-state index in [9.17, 15) is 0 Å². The van der Waals surface area contributed by atoms with Gasteiger partial charge in [0.05, 0.1) is 33.5 Å². The van der Waals surface area contributed by atoms with E-state index in [1.165, 1.54) is 83.5 Å². The smallest absolute Gasteiger partial charge is 0.160 e. The molecule has 0 bridgehead atoms. The highest BCUT2D eigenvalue weighted by Crippen LogP contribution is 2.64. The molecule has 0 radical (unpaired) electrons. The van der Waals surface area contributed by atoms with Crippen LogP contribution in [0.4, 0.5) is 68.2 Å². The van der Waals surface area contributed by atoms with Crippen molar-refractivity contribution in [2.75, 3.05) is 19.6 Å². The minimum Gasteiger partial charge on any atom is -0.456 e. The number of furan rings is 6. The van der Waals surface area contributed by atoms with Crippen molar-refractivity contribution in [1.29, 1.82) is 0 Å². The quantitative estimate of drug-likeness (QED) is 0.0988. The summed E-state index contributed by atoms with van der Waals surface area (Å²) in [7, 11) is 0. The first-order chi connectivity index (χ1) is 69.2. The fraction of sp³-hybridized carbons (Fsp3) is 0.194. The number of anilines is 12. The Morgan fingerprint density at radius 1 is 0.222 bits per heavy atom. The van der Waals surface area contributed by atoms with Crippen molar-refractivity contribution in [3.63, 3.8) is 0 Å². The monoisotopic (exact) mass is 1870 g/mol. The Morgan fingerprint density at radius 2 is 0.528 bits per heavy atom. The lowest BCUT2D eigenvalue weighted by Gasteiger charge is -2.31. The first kappa shape index (κ1) is 88.2. The van der Waals surface area contributed by atoms with Crippen LogP contribution in [-0.4, -0.2) is 0 Å². The largest absolute Gasteiger partial charge is 0.456 e. The van der Waals surface area contributed by atoms with Gasteiger partial charge in [-0.25, -0.2) is 0 Å². The van der Waals surface area contributed by atoms with Gasteiger partial charge < -0.3 is 46.1 Å². The minimum absolute atomic E-state index is 0.0386. The number of hydrogen-bond acceptors (Lipinski definition) is 10. The van der Waals surface area contributed by atoms with Gasteiger partial charge in [0.2, 0.25) is 0 Å². The highest BCUT2D eigenvalue weighted by atomic mass is 16.4. The van der Waals surface area contributed by atoms with Crippen molar-refractivity contribution in [2.24, 2.45) is 0 Å². The molecule has 0 spiro atoms. The second kappa shape index (κ2) is 31.5. The number of benzene rings is 18. The predicted octanol–water partition coefficient (Wildman–Crippen LogP) is 39.2. The Labute approximate surface area is 839 Å². The highest BCUT2D eigenvalue weighted by molar-refractivity contribution is 6.34. The summed E-state index contributed by atoms with van der Waals surface area (Å²) >= 11 is 0. The van der Waals surface area contributed by atoms with Crippen LogP contribution in [-0.2, 0) is 38.9 Å². The fourth-order valence-corrected chi connectivity index (χ4v) is 24.2. The van der Waals surface area contributed by atoms with Gasteiger partial charge in [-0.15, -0.1) is 0 Å². The zero-order valence-corrected chi connectivity index (χ0v) is 85.2. The van der Waals surface area contributed by atoms with Crippen LogP contribution >= 0.6 is 0 Å². The average molecular weight is 1880 g/mol. The molecule has 6 heterocycles. The zero-order chi connectivity index (χ0) is 98.7. The van der Waals surface area contributed by atoms with E-state index >= 15 is 0 Å². The van der Waals surface area contributed by atoms with E-state index in [-0.39, 0.29) is 21.7 Å². The normalized spacial score (nSPS) is 13.7.